The summed E-state index contributed by atoms with van der Waals surface area (Å²) in [6, 6.07) is 21.8. The summed E-state index contributed by atoms with van der Waals surface area (Å²) in [5, 5.41) is 6.48. The molecule has 6 nitrogen and oxygen atoms in total. The Bertz CT molecular complexity index is 1130. The Balaban J connectivity index is 1.65. The first-order valence-electron chi connectivity index (χ1n) is 8.71. The molecule has 148 valence electrons. The molecular formula is C21H19N3O3S2. The van der Waals surface area contributed by atoms with Crippen LogP contribution in [0.3, 0.4) is 0 Å². The molecule has 0 radical (unpaired) electrons. The average Bonchev–Trinajstić information content (AvgIpc) is 2.70. The van der Waals surface area contributed by atoms with Crippen molar-refractivity contribution in [1.82, 2.24) is 4.72 Å². The van der Waals surface area contributed by atoms with Gasteiger partial charge in [-0.25, -0.2) is 13.1 Å². The van der Waals surface area contributed by atoms with Gasteiger partial charge in [-0.05, 0) is 67.2 Å². The highest BCUT2D eigenvalue weighted by Gasteiger charge is 2.18. The maximum Gasteiger partial charge on any atom is 0.264 e. The van der Waals surface area contributed by atoms with Crippen LogP contribution in [0.25, 0.3) is 0 Å². The molecule has 0 aliphatic heterocycles. The zero-order valence-corrected chi connectivity index (χ0v) is 17.2. The molecule has 0 bridgehead atoms. The van der Waals surface area contributed by atoms with Crippen LogP contribution >= 0.6 is 12.2 Å². The van der Waals surface area contributed by atoms with E-state index in [4.69, 9.17) is 12.2 Å². The van der Waals surface area contributed by atoms with E-state index >= 15 is 0 Å². The molecule has 0 aliphatic carbocycles. The Labute approximate surface area is 175 Å². The van der Waals surface area contributed by atoms with Gasteiger partial charge in [-0.3, -0.25) is 4.79 Å². The van der Waals surface area contributed by atoms with E-state index < -0.39 is 15.9 Å². The molecule has 3 N–H and O–H groups in total. The molecule has 0 unspecified atom stereocenters. The lowest BCUT2D eigenvalue weighted by molar-refractivity contribution is 0.0981. The quantitative estimate of drug-likeness (QED) is 0.537. The van der Waals surface area contributed by atoms with E-state index in [2.05, 4.69) is 15.4 Å². The summed E-state index contributed by atoms with van der Waals surface area (Å²) in [7, 11) is -3.98. The van der Waals surface area contributed by atoms with Gasteiger partial charge in [0.05, 0.1) is 4.90 Å². The third-order valence-electron chi connectivity index (χ3n) is 4.08. The summed E-state index contributed by atoms with van der Waals surface area (Å²) in [6.45, 7) is 1.97. The Hall–Kier alpha value is -3.23. The summed E-state index contributed by atoms with van der Waals surface area (Å²) in [5.74, 6) is -0.684. The third-order valence-corrected chi connectivity index (χ3v) is 5.63. The molecule has 0 fully saturated rings. The summed E-state index contributed by atoms with van der Waals surface area (Å²) in [6.07, 6.45) is 0. The SMILES string of the molecule is Cc1ccccc1NC(=S)Nc1ccc(S(=O)(=O)NC(=O)c2ccccc2)cc1. The van der Waals surface area contributed by atoms with Gasteiger partial charge in [0.25, 0.3) is 15.9 Å². The molecule has 3 rings (SSSR count). The number of hydrogen-bond acceptors (Lipinski definition) is 4. The number of hydrogen-bond donors (Lipinski definition) is 3. The fraction of sp³-hybridized carbons (Fsp3) is 0.0476. The van der Waals surface area contributed by atoms with Crippen LogP contribution in [-0.4, -0.2) is 19.4 Å². The van der Waals surface area contributed by atoms with Crippen LogP contribution in [0.1, 0.15) is 15.9 Å². The van der Waals surface area contributed by atoms with E-state index in [0.29, 0.717) is 10.8 Å². The molecule has 8 heteroatoms. The van der Waals surface area contributed by atoms with Crippen LogP contribution in [0.15, 0.2) is 83.8 Å². The topological polar surface area (TPSA) is 87.3 Å². The van der Waals surface area contributed by atoms with Crippen molar-refractivity contribution in [1.29, 1.82) is 0 Å². The number of sulfonamides is 1. The number of rotatable bonds is 5. The third kappa shape index (κ3) is 5.40. The van der Waals surface area contributed by atoms with Gasteiger partial charge >= 0.3 is 0 Å². The highest BCUT2D eigenvalue weighted by molar-refractivity contribution is 7.90. The number of carbonyl (C=O) groups is 1. The van der Waals surface area contributed by atoms with E-state index in [-0.39, 0.29) is 10.5 Å². The van der Waals surface area contributed by atoms with Gasteiger partial charge in [-0.2, -0.15) is 0 Å². The molecule has 3 aromatic rings. The number of carbonyl (C=O) groups excluding carboxylic acids is 1. The number of thiocarbonyl (C=S) groups is 1. The van der Waals surface area contributed by atoms with Crippen molar-refractivity contribution in [3.05, 3.63) is 90.0 Å². The summed E-state index contributed by atoms with van der Waals surface area (Å²) < 4.78 is 26.9. The second kappa shape index (κ2) is 8.85. The predicted octanol–water partition coefficient (Wildman–Crippen LogP) is 3.92. The smallest absolute Gasteiger partial charge is 0.264 e. The second-order valence-corrected chi connectivity index (χ2v) is 8.31. The van der Waals surface area contributed by atoms with E-state index in [1.165, 1.54) is 12.1 Å². The van der Waals surface area contributed by atoms with Gasteiger partial charge in [0.15, 0.2) is 5.11 Å². The fourth-order valence-electron chi connectivity index (χ4n) is 2.54. The molecule has 1 amide bonds. The monoisotopic (exact) mass is 425 g/mol. The first-order chi connectivity index (χ1) is 13.8. The number of aryl methyl sites for hydroxylation is 1. The molecule has 0 saturated heterocycles. The van der Waals surface area contributed by atoms with Crippen LogP contribution in [0.2, 0.25) is 0 Å². The Morgan fingerprint density at radius 1 is 0.828 bits per heavy atom. The number of para-hydroxylation sites is 1. The molecular weight excluding hydrogens is 406 g/mol. The number of anilines is 2. The standard InChI is InChI=1S/C21H19N3O3S2/c1-15-7-5-6-10-19(15)23-21(28)22-17-11-13-18(14-12-17)29(26,27)24-20(25)16-8-3-2-4-9-16/h2-14H,1H3,(H,24,25)(H2,22,23,28). The van der Waals surface area contributed by atoms with Crippen molar-refractivity contribution >= 4 is 44.6 Å². The zero-order valence-electron chi connectivity index (χ0n) is 15.5. The second-order valence-electron chi connectivity index (χ2n) is 6.22. The van der Waals surface area contributed by atoms with E-state index in [0.717, 1.165) is 11.3 Å². The molecule has 29 heavy (non-hydrogen) atoms. The molecule has 0 spiro atoms. The van der Waals surface area contributed by atoms with Gasteiger partial charge in [0, 0.05) is 16.9 Å². The van der Waals surface area contributed by atoms with E-state index in [1.807, 2.05) is 31.2 Å². The Morgan fingerprint density at radius 2 is 1.45 bits per heavy atom. The van der Waals surface area contributed by atoms with Crippen molar-refractivity contribution in [3.8, 4) is 0 Å². The van der Waals surface area contributed by atoms with E-state index in [1.54, 1.807) is 42.5 Å². The first-order valence-corrected chi connectivity index (χ1v) is 10.6. The molecule has 0 atom stereocenters. The maximum atomic E-state index is 12.4. The Kier molecular flexibility index (Phi) is 6.26. The van der Waals surface area contributed by atoms with Gasteiger partial charge in [-0.15, -0.1) is 0 Å². The number of nitrogens with one attached hydrogen (secondary N) is 3. The minimum Gasteiger partial charge on any atom is -0.332 e. The van der Waals surface area contributed by atoms with Crippen LogP contribution in [0, 0.1) is 6.92 Å². The number of amides is 1. The summed E-state index contributed by atoms with van der Waals surface area (Å²) in [4.78, 5) is 12.1. The van der Waals surface area contributed by atoms with Crippen molar-refractivity contribution in [3.63, 3.8) is 0 Å². The van der Waals surface area contributed by atoms with Crippen molar-refractivity contribution < 1.29 is 13.2 Å². The average molecular weight is 426 g/mol. The van der Waals surface area contributed by atoms with Crippen molar-refractivity contribution in [2.45, 2.75) is 11.8 Å². The lowest BCUT2D eigenvalue weighted by atomic mass is 10.2. The fourth-order valence-corrected chi connectivity index (χ4v) is 3.75. The van der Waals surface area contributed by atoms with Gasteiger partial charge < -0.3 is 10.6 Å². The zero-order chi connectivity index (χ0) is 20.9. The minimum absolute atomic E-state index is 0.0230. The van der Waals surface area contributed by atoms with E-state index in [9.17, 15) is 13.2 Å². The minimum atomic E-state index is -3.98. The molecule has 3 aromatic carbocycles. The largest absolute Gasteiger partial charge is 0.332 e. The predicted molar refractivity (Wildman–Crippen MR) is 119 cm³/mol. The lowest BCUT2D eigenvalue weighted by Gasteiger charge is -2.13. The summed E-state index contributed by atoms with van der Waals surface area (Å²) in [5.41, 5.74) is 2.81. The van der Waals surface area contributed by atoms with Crippen LogP contribution < -0.4 is 15.4 Å². The van der Waals surface area contributed by atoms with Crippen LogP contribution in [0.4, 0.5) is 11.4 Å². The highest BCUT2D eigenvalue weighted by atomic mass is 32.2. The molecule has 0 aliphatic rings. The normalized spacial score (nSPS) is 10.8. The molecule has 0 aromatic heterocycles. The number of benzene rings is 3. The molecule has 0 heterocycles. The van der Waals surface area contributed by atoms with Gasteiger partial charge in [0.1, 0.15) is 0 Å². The maximum absolute atomic E-state index is 12.4. The van der Waals surface area contributed by atoms with Crippen molar-refractivity contribution in [2.24, 2.45) is 0 Å². The lowest BCUT2D eigenvalue weighted by Crippen LogP contribution is -2.30. The van der Waals surface area contributed by atoms with Gasteiger partial charge in [-0.1, -0.05) is 36.4 Å². The highest BCUT2D eigenvalue weighted by Crippen LogP contribution is 2.17. The summed E-state index contributed by atoms with van der Waals surface area (Å²) >= 11 is 5.30. The molecule has 0 saturated carbocycles. The Morgan fingerprint density at radius 3 is 2.10 bits per heavy atom. The van der Waals surface area contributed by atoms with Crippen LogP contribution in [0.5, 0.6) is 0 Å². The van der Waals surface area contributed by atoms with Crippen LogP contribution in [-0.2, 0) is 10.0 Å². The van der Waals surface area contributed by atoms with Crippen molar-refractivity contribution in [2.75, 3.05) is 10.6 Å². The first kappa shape index (κ1) is 20.5. The van der Waals surface area contributed by atoms with Gasteiger partial charge in [0.2, 0.25) is 0 Å².